The lowest BCUT2D eigenvalue weighted by Crippen LogP contribution is -2.05. The SMILES string of the molecule is C=C(O)C(=O)OCC.C=CC#N. The van der Waals surface area contributed by atoms with Crippen molar-refractivity contribution in [3.8, 4) is 6.07 Å². The van der Waals surface area contributed by atoms with Gasteiger partial charge in [0.25, 0.3) is 0 Å². The average molecular weight is 169 g/mol. The minimum absolute atomic E-state index is 0.262. The summed E-state index contributed by atoms with van der Waals surface area (Å²) in [5.74, 6) is -1.31. The Labute approximate surface area is 71.4 Å². The van der Waals surface area contributed by atoms with Gasteiger partial charge in [-0.25, -0.2) is 4.79 Å². The predicted molar refractivity (Wildman–Crippen MR) is 44.2 cm³/mol. The fourth-order valence-electron chi connectivity index (χ4n) is 0.214. The van der Waals surface area contributed by atoms with Gasteiger partial charge in [0, 0.05) is 6.08 Å². The van der Waals surface area contributed by atoms with Crippen molar-refractivity contribution in [1.29, 1.82) is 5.26 Å². The Morgan fingerprint density at radius 2 is 2.25 bits per heavy atom. The van der Waals surface area contributed by atoms with Crippen molar-refractivity contribution in [2.45, 2.75) is 6.92 Å². The number of nitrogens with zero attached hydrogens (tertiary/aromatic N) is 1. The van der Waals surface area contributed by atoms with Crippen LogP contribution in [-0.4, -0.2) is 17.7 Å². The second-order valence-electron chi connectivity index (χ2n) is 1.50. The van der Waals surface area contributed by atoms with Gasteiger partial charge in [-0.15, -0.1) is 0 Å². The van der Waals surface area contributed by atoms with Crippen LogP contribution in [0.2, 0.25) is 0 Å². The van der Waals surface area contributed by atoms with Crippen molar-refractivity contribution in [3.63, 3.8) is 0 Å². The highest BCUT2D eigenvalue weighted by Crippen LogP contribution is 1.85. The summed E-state index contributed by atoms with van der Waals surface area (Å²) in [6.07, 6.45) is 1.18. The normalized spacial score (nSPS) is 6.67. The zero-order valence-corrected chi connectivity index (χ0v) is 6.91. The van der Waals surface area contributed by atoms with Crippen molar-refractivity contribution in [2.75, 3.05) is 6.61 Å². The molecule has 66 valence electrons. The van der Waals surface area contributed by atoms with Gasteiger partial charge >= 0.3 is 5.97 Å². The zero-order valence-electron chi connectivity index (χ0n) is 6.91. The topological polar surface area (TPSA) is 70.3 Å². The van der Waals surface area contributed by atoms with Gasteiger partial charge < -0.3 is 9.84 Å². The Balaban J connectivity index is 0. The van der Waals surface area contributed by atoms with Crippen LogP contribution in [0.3, 0.4) is 0 Å². The zero-order chi connectivity index (χ0) is 9.98. The smallest absolute Gasteiger partial charge is 0.372 e. The second kappa shape index (κ2) is 9.24. The highest BCUT2D eigenvalue weighted by molar-refractivity contribution is 5.84. The first kappa shape index (κ1) is 12.9. The number of hydrogen-bond acceptors (Lipinski definition) is 4. The summed E-state index contributed by atoms with van der Waals surface area (Å²) in [6, 6.07) is 1.69. The summed E-state index contributed by atoms with van der Waals surface area (Å²) < 4.78 is 4.31. The summed E-state index contributed by atoms with van der Waals surface area (Å²) >= 11 is 0. The predicted octanol–water partition coefficient (Wildman–Crippen LogP) is 1.32. The van der Waals surface area contributed by atoms with Gasteiger partial charge in [0.1, 0.15) is 0 Å². The molecule has 0 aromatic rings. The van der Waals surface area contributed by atoms with E-state index in [2.05, 4.69) is 17.9 Å². The molecule has 0 heterocycles. The molecule has 4 nitrogen and oxygen atoms in total. The molecule has 0 unspecified atom stereocenters. The fraction of sp³-hybridized carbons (Fsp3) is 0.250. The van der Waals surface area contributed by atoms with Crippen LogP contribution in [-0.2, 0) is 9.53 Å². The molecule has 0 rings (SSSR count). The van der Waals surface area contributed by atoms with E-state index < -0.39 is 11.7 Å². The van der Waals surface area contributed by atoms with Gasteiger partial charge in [0.2, 0.25) is 0 Å². The lowest BCUT2D eigenvalue weighted by Gasteiger charge is -1.95. The van der Waals surface area contributed by atoms with Crippen molar-refractivity contribution in [1.82, 2.24) is 0 Å². The average Bonchev–Trinajstić information content (AvgIpc) is 2.05. The monoisotopic (exact) mass is 169 g/mol. The summed E-state index contributed by atoms with van der Waals surface area (Å²) in [5.41, 5.74) is 0. The maximum Gasteiger partial charge on any atom is 0.372 e. The van der Waals surface area contributed by atoms with Gasteiger partial charge in [0.05, 0.1) is 12.7 Å². The van der Waals surface area contributed by atoms with E-state index in [1.807, 2.05) is 0 Å². The van der Waals surface area contributed by atoms with E-state index in [9.17, 15) is 4.79 Å². The van der Waals surface area contributed by atoms with Crippen LogP contribution < -0.4 is 0 Å². The summed E-state index contributed by atoms with van der Waals surface area (Å²) in [5, 5.41) is 15.8. The van der Waals surface area contributed by atoms with Crippen molar-refractivity contribution in [3.05, 3.63) is 25.0 Å². The largest absolute Gasteiger partial charge is 0.502 e. The number of hydrogen-bond donors (Lipinski definition) is 1. The highest BCUT2D eigenvalue weighted by Gasteiger charge is 2.01. The lowest BCUT2D eigenvalue weighted by molar-refractivity contribution is -0.141. The first-order valence-electron chi connectivity index (χ1n) is 3.15. The van der Waals surface area contributed by atoms with Crippen LogP contribution in [0.15, 0.2) is 25.0 Å². The number of esters is 1. The van der Waals surface area contributed by atoms with Crippen LogP contribution >= 0.6 is 0 Å². The number of carbonyl (C=O) groups is 1. The van der Waals surface area contributed by atoms with Gasteiger partial charge in [-0.1, -0.05) is 6.58 Å². The molecular weight excluding hydrogens is 158 g/mol. The van der Waals surface area contributed by atoms with Crippen LogP contribution in [0.1, 0.15) is 6.92 Å². The number of aliphatic hydroxyl groups is 1. The van der Waals surface area contributed by atoms with Crippen molar-refractivity contribution in [2.24, 2.45) is 0 Å². The fourth-order valence-corrected chi connectivity index (χ4v) is 0.214. The standard InChI is InChI=1S/C5H8O3.C3H3N/c1-3-8-5(7)4(2)6;1-2-3-4/h6H,2-3H2,1H3;2H,1H2. The lowest BCUT2D eigenvalue weighted by atomic mass is 10.6. The molecule has 0 radical (unpaired) electrons. The van der Waals surface area contributed by atoms with Crippen molar-refractivity contribution >= 4 is 5.97 Å². The number of ether oxygens (including phenoxy) is 1. The van der Waals surface area contributed by atoms with E-state index in [4.69, 9.17) is 10.4 Å². The summed E-state index contributed by atoms with van der Waals surface area (Å²) in [6.45, 7) is 7.99. The molecule has 4 heteroatoms. The van der Waals surface area contributed by atoms with Crippen molar-refractivity contribution < 1.29 is 14.6 Å². The Kier molecular flexibility index (Phi) is 9.91. The van der Waals surface area contributed by atoms with Gasteiger partial charge in [0.15, 0.2) is 5.76 Å². The molecule has 0 amide bonds. The van der Waals surface area contributed by atoms with E-state index in [0.717, 1.165) is 0 Å². The number of nitriles is 1. The van der Waals surface area contributed by atoms with Gasteiger partial charge in [-0.3, -0.25) is 0 Å². The van der Waals surface area contributed by atoms with Crippen LogP contribution in [0.4, 0.5) is 0 Å². The van der Waals surface area contributed by atoms with Crippen LogP contribution in [0.25, 0.3) is 0 Å². The Morgan fingerprint density at radius 1 is 1.83 bits per heavy atom. The first-order chi connectivity index (χ1) is 5.59. The summed E-state index contributed by atoms with van der Waals surface area (Å²) in [4.78, 5) is 10.2. The van der Waals surface area contributed by atoms with E-state index in [1.54, 1.807) is 13.0 Å². The molecule has 0 atom stereocenters. The third-order valence-electron chi connectivity index (χ3n) is 0.602. The van der Waals surface area contributed by atoms with Crippen LogP contribution in [0, 0.1) is 11.3 Å². The van der Waals surface area contributed by atoms with E-state index in [0.29, 0.717) is 0 Å². The Hall–Kier alpha value is -1.76. The Morgan fingerprint density at radius 3 is 2.33 bits per heavy atom. The first-order valence-corrected chi connectivity index (χ1v) is 3.15. The molecule has 0 aliphatic carbocycles. The third kappa shape index (κ3) is 11.1. The molecule has 0 aliphatic rings. The molecule has 0 aromatic heterocycles. The molecule has 0 bridgehead atoms. The second-order valence-corrected chi connectivity index (χ2v) is 1.50. The maximum atomic E-state index is 10.2. The number of aliphatic hydroxyl groups excluding tert-OH is 1. The molecule has 0 spiro atoms. The molecule has 0 aliphatic heterocycles. The molecular formula is C8H11NO3. The number of allylic oxidation sites excluding steroid dienone is 1. The van der Waals surface area contributed by atoms with E-state index in [1.165, 1.54) is 6.08 Å². The van der Waals surface area contributed by atoms with Crippen LogP contribution in [0.5, 0.6) is 0 Å². The molecule has 1 N–H and O–H groups in total. The summed E-state index contributed by atoms with van der Waals surface area (Å²) in [7, 11) is 0. The minimum Gasteiger partial charge on any atom is -0.502 e. The number of rotatable bonds is 2. The van der Waals surface area contributed by atoms with E-state index in [-0.39, 0.29) is 6.61 Å². The third-order valence-corrected chi connectivity index (χ3v) is 0.602. The quantitative estimate of drug-likeness (QED) is 0.293. The van der Waals surface area contributed by atoms with E-state index >= 15 is 0 Å². The molecule has 0 saturated carbocycles. The molecule has 12 heavy (non-hydrogen) atoms. The molecule has 0 saturated heterocycles. The maximum absolute atomic E-state index is 10.2. The Bertz CT molecular complexity index is 203. The highest BCUT2D eigenvalue weighted by atomic mass is 16.5. The molecule has 0 aromatic carbocycles. The van der Waals surface area contributed by atoms with Gasteiger partial charge in [-0.05, 0) is 13.5 Å². The van der Waals surface area contributed by atoms with Gasteiger partial charge in [-0.2, -0.15) is 5.26 Å². The molecule has 0 fully saturated rings. The minimum atomic E-state index is -0.757. The number of carbonyl (C=O) groups excluding carboxylic acids is 1.